The third-order valence-electron chi connectivity index (χ3n) is 5.19. The van der Waals surface area contributed by atoms with E-state index in [0.29, 0.717) is 12.3 Å². The summed E-state index contributed by atoms with van der Waals surface area (Å²) in [5.74, 6) is 1.29. The Hall–Kier alpha value is -1.59. The SMILES string of the molecule is CC1CCN(C[C@@H](NC(=O)[C@H](N)Cc2ccc(O)cc2)C(C)C)CC1. The second kappa shape index (κ2) is 9.20. The van der Waals surface area contributed by atoms with E-state index in [-0.39, 0.29) is 17.7 Å². The van der Waals surface area contributed by atoms with Crippen LogP contribution in [0.3, 0.4) is 0 Å². The molecule has 1 aliphatic rings. The summed E-state index contributed by atoms with van der Waals surface area (Å²) >= 11 is 0. The molecule has 1 amide bonds. The van der Waals surface area contributed by atoms with Gasteiger partial charge in [-0.3, -0.25) is 4.79 Å². The van der Waals surface area contributed by atoms with Gasteiger partial charge in [0.2, 0.25) is 5.91 Å². The van der Waals surface area contributed by atoms with Crippen LogP contribution in [-0.4, -0.2) is 47.6 Å². The van der Waals surface area contributed by atoms with Crippen molar-refractivity contribution in [2.75, 3.05) is 19.6 Å². The molecule has 25 heavy (non-hydrogen) atoms. The number of benzene rings is 1. The number of piperidine rings is 1. The van der Waals surface area contributed by atoms with E-state index >= 15 is 0 Å². The van der Waals surface area contributed by atoms with Gasteiger partial charge in [-0.2, -0.15) is 0 Å². The maximum Gasteiger partial charge on any atom is 0.237 e. The van der Waals surface area contributed by atoms with Crippen LogP contribution in [0.15, 0.2) is 24.3 Å². The highest BCUT2D eigenvalue weighted by atomic mass is 16.3. The topological polar surface area (TPSA) is 78.6 Å². The molecular formula is C20H33N3O2. The molecule has 1 aromatic carbocycles. The van der Waals surface area contributed by atoms with Gasteiger partial charge in [-0.05, 0) is 61.9 Å². The summed E-state index contributed by atoms with van der Waals surface area (Å²) in [6.45, 7) is 9.70. The van der Waals surface area contributed by atoms with E-state index in [0.717, 1.165) is 31.1 Å². The predicted molar refractivity (Wildman–Crippen MR) is 101 cm³/mol. The zero-order valence-corrected chi connectivity index (χ0v) is 15.7. The van der Waals surface area contributed by atoms with Crippen molar-refractivity contribution in [2.24, 2.45) is 17.6 Å². The zero-order chi connectivity index (χ0) is 18.4. The highest BCUT2D eigenvalue weighted by molar-refractivity contribution is 5.82. The average Bonchev–Trinajstić information content (AvgIpc) is 2.58. The van der Waals surface area contributed by atoms with E-state index in [2.05, 4.69) is 31.0 Å². The smallest absolute Gasteiger partial charge is 0.237 e. The lowest BCUT2D eigenvalue weighted by Crippen LogP contribution is -2.53. The summed E-state index contributed by atoms with van der Waals surface area (Å²) in [5.41, 5.74) is 7.05. The fourth-order valence-electron chi connectivity index (χ4n) is 3.21. The highest BCUT2D eigenvalue weighted by Crippen LogP contribution is 2.17. The second-order valence-electron chi connectivity index (χ2n) is 7.82. The number of likely N-dealkylation sites (tertiary alicyclic amines) is 1. The van der Waals surface area contributed by atoms with Crippen LogP contribution in [0.1, 0.15) is 39.2 Å². The van der Waals surface area contributed by atoms with E-state index in [1.54, 1.807) is 24.3 Å². The van der Waals surface area contributed by atoms with Crippen LogP contribution in [0.25, 0.3) is 0 Å². The van der Waals surface area contributed by atoms with Crippen molar-refractivity contribution < 1.29 is 9.90 Å². The van der Waals surface area contributed by atoms with E-state index in [9.17, 15) is 9.90 Å². The van der Waals surface area contributed by atoms with Gasteiger partial charge in [-0.25, -0.2) is 0 Å². The summed E-state index contributed by atoms with van der Waals surface area (Å²) in [4.78, 5) is 15.0. The minimum absolute atomic E-state index is 0.0999. The van der Waals surface area contributed by atoms with E-state index in [4.69, 9.17) is 5.73 Å². The van der Waals surface area contributed by atoms with Gasteiger partial charge >= 0.3 is 0 Å². The summed E-state index contributed by atoms with van der Waals surface area (Å²) in [5, 5.41) is 12.5. The van der Waals surface area contributed by atoms with Crippen LogP contribution in [0, 0.1) is 11.8 Å². The molecule has 0 spiro atoms. The maximum absolute atomic E-state index is 12.5. The molecule has 0 radical (unpaired) electrons. The summed E-state index contributed by atoms with van der Waals surface area (Å²) in [6, 6.07) is 6.38. The number of carbonyl (C=O) groups is 1. The zero-order valence-electron chi connectivity index (χ0n) is 15.7. The molecule has 4 N–H and O–H groups in total. The van der Waals surface area contributed by atoms with E-state index in [1.165, 1.54) is 12.8 Å². The number of nitrogens with zero attached hydrogens (tertiary/aromatic N) is 1. The number of phenolic OH excluding ortho intramolecular Hbond substituents is 1. The van der Waals surface area contributed by atoms with Gasteiger partial charge in [-0.1, -0.05) is 32.9 Å². The number of amides is 1. The lowest BCUT2D eigenvalue weighted by atomic mass is 9.97. The molecule has 0 saturated carbocycles. The van der Waals surface area contributed by atoms with Crippen LogP contribution in [0.5, 0.6) is 5.75 Å². The molecule has 1 saturated heterocycles. The highest BCUT2D eigenvalue weighted by Gasteiger charge is 2.24. The van der Waals surface area contributed by atoms with Crippen LogP contribution in [0.2, 0.25) is 0 Å². The quantitative estimate of drug-likeness (QED) is 0.706. The van der Waals surface area contributed by atoms with E-state index < -0.39 is 6.04 Å². The molecule has 1 fully saturated rings. The number of nitrogens with one attached hydrogen (secondary N) is 1. The Bertz CT molecular complexity index is 536. The van der Waals surface area contributed by atoms with Crippen LogP contribution in [0.4, 0.5) is 0 Å². The van der Waals surface area contributed by atoms with Crippen molar-refractivity contribution >= 4 is 5.91 Å². The molecule has 5 nitrogen and oxygen atoms in total. The van der Waals surface area contributed by atoms with Crippen molar-refractivity contribution in [3.8, 4) is 5.75 Å². The third kappa shape index (κ3) is 6.33. The molecule has 2 rings (SSSR count). The number of phenols is 1. The van der Waals surface area contributed by atoms with Crippen molar-refractivity contribution in [1.82, 2.24) is 10.2 Å². The van der Waals surface area contributed by atoms with Crippen molar-refractivity contribution in [2.45, 2.75) is 52.1 Å². The molecule has 0 bridgehead atoms. The number of hydrogen-bond acceptors (Lipinski definition) is 4. The Kier molecular flexibility index (Phi) is 7.26. The average molecular weight is 348 g/mol. The summed E-state index contributed by atoms with van der Waals surface area (Å²) in [7, 11) is 0. The summed E-state index contributed by atoms with van der Waals surface area (Å²) in [6.07, 6.45) is 2.94. The number of carbonyl (C=O) groups excluding carboxylic acids is 1. The largest absolute Gasteiger partial charge is 0.508 e. The first-order valence-corrected chi connectivity index (χ1v) is 9.41. The molecule has 1 aliphatic heterocycles. The van der Waals surface area contributed by atoms with Gasteiger partial charge in [0.15, 0.2) is 0 Å². The molecule has 0 aliphatic carbocycles. The number of nitrogens with two attached hydrogens (primary N) is 1. The molecule has 1 heterocycles. The van der Waals surface area contributed by atoms with Gasteiger partial charge in [0.05, 0.1) is 6.04 Å². The predicted octanol–water partition coefficient (Wildman–Crippen LogP) is 2.13. The third-order valence-corrected chi connectivity index (χ3v) is 5.19. The first-order valence-electron chi connectivity index (χ1n) is 9.41. The Balaban J connectivity index is 1.87. The number of rotatable bonds is 7. The lowest BCUT2D eigenvalue weighted by molar-refractivity contribution is -0.123. The van der Waals surface area contributed by atoms with Gasteiger partial charge in [0.1, 0.15) is 5.75 Å². The fourth-order valence-corrected chi connectivity index (χ4v) is 3.21. The molecule has 0 aromatic heterocycles. The molecule has 5 heteroatoms. The van der Waals surface area contributed by atoms with Crippen LogP contribution in [-0.2, 0) is 11.2 Å². The lowest BCUT2D eigenvalue weighted by Gasteiger charge is -2.35. The van der Waals surface area contributed by atoms with Gasteiger partial charge in [0.25, 0.3) is 0 Å². The standard InChI is InChI=1S/C20H33N3O2/c1-14(2)19(13-23-10-8-15(3)9-11-23)22-20(25)18(21)12-16-4-6-17(24)7-5-16/h4-7,14-15,18-19,24H,8-13,21H2,1-3H3,(H,22,25)/t18-,19-/m1/s1. The Labute approximate surface area is 151 Å². The number of hydrogen-bond donors (Lipinski definition) is 3. The number of aromatic hydroxyl groups is 1. The normalized spacial score (nSPS) is 18.9. The monoisotopic (exact) mass is 347 g/mol. The summed E-state index contributed by atoms with van der Waals surface area (Å²) < 4.78 is 0. The Morgan fingerprint density at radius 2 is 1.88 bits per heavy atom. The molecule has 0 unspecified atom stereocenters. The molecule has 1 aromatic rings. The van der Waals surface area contributed by atoms with Crippen LogP contribution >= 0.6 is 0 Å². The second-order valence-corrected chi connectivity index (χ2v) is 7.82. The maximum atomic E-state index is 12.5. The first-order chi connectivity index (χ1) is 11.8. The molecule has 140 valence electrons. The van der Waals surface area contributed by atoms with Crippen molar-refractivity contribution in [3.05, 3.63) is 29.8 Å². The van der Waals surface area contributed by atoms with Gasteiger partial charge in [0, 0.05) is 12.6 Å². The first kappa shape index (κ1) is 19.7. The molecular weight excluding hydrogens is 314 g/mol. The minimum atomic E-state index is -0.577. The molecule has 2 atom stereocenters. The van der Waals surface area contributed by atoms with Gasteiger partial charge in [-0.15, -0.1) is 0 Å². The minimum Gasteiger partial charge on any atom is -0.508 e. The Morgan fingerprint density at radius 1 is 1.28 bits per heavy atom. The Morgan fingerprint density at radius 3 is 2.44 bits per heavy atom. The van der Waals surface area contributed by atoms with Crippen molar-refractivity contribution in [1.29, 1.82) is 0 Å². The van der Waals surface area contributed by atoms with Gasteiger partial charge < -0.3 is 21.1 Å². The van der Waals surface area contributed by atoms with Crippen molar-refractivity contribution in [3.63, 3.8) is 0 Å². The fraction of sp³-hybridized carbons (Fsp3) is 0.650. The van der Waals surface area contributed by atoms with Crippen LogP contribution < -0.4 is 11.1 Å². The van der Waals surface area contributed by atoms with E-state index in [1.807, 2.05) is 0 Å².